The molecule has 0 amide bonds. The number of hydrogen-bond donors (Lipinski definition) is 1. The molecule has 0 bridgehead atoms. The first-order chi connectivity index (χ1) is 10.5. The highest BCUT2D eigenvalue weighted by atomic mass is 16.5. The second kappa shape index (κ2) is 7.11. The Labute approximate surface area is 130 Å². The minimum Gasteiger partial charge on any atom is -0.484 e. The number of rotatable bonds is 6. The summed E-state index contributed by atoms with van der Waals surface area (Å²) in [5, 5.41) is 7.35. The van der Waals surface area contributed by atoms with Crippen molar-refractivity contribution in [2.45, 2.75) is 39.2 Å². The van der Waals surface area contributed by atoms with Gasteiger partial charge in [0.05, 0.1) is 24.1 Å². The lowest BCUT2D eigenvalue weighted by Gasteiger charge is -2.16. The van der Waals surface area contributed by atoms with E-state index in [4.69, 9.17) is 9.47 Å². The number of nitrogens with zero attached hydrogens (tertiary/aromatic N) is 1. The van der Waals surface area contributed by atoms with E-state index in [-0.39, 0.29) is 12.1 Å². The van der Waals surface area contributed by atoms with Crippen LogP contribution in [0.1, 0.15) is 61.0 Å². The molecule has 2 aromatic rings. The van der Waals surface area contributed by atoms with Crippen molar-refractivity contribution in [2.24, 2.45) is 0 Å². The Morgan fingerprint density at radius 1 is 1.32 bits per heavy atom. The van der Waals surface area contributed by atoms with Crippen LogP contribution in [0.2, 0.25) is 0 Å². The third-order valence-electron chi connectivity index (χ3n) is 3.46. The molecule has 1 N–H and O–H groups in total. The molecule has 2 rings (SSSR count). The number of aromatic amines is 1. The quantitative estimate of drug-likeness (QED) is 0.823. The monoisotopic (exact) mass is 302 g/mol. The van der Waals surface area contributed by atoms with Gasteiger partial charge in [0.25, 0.3) is 0 Å². The predicted octanol–water partition coefficient (Wildman–Crippen LogP) is 3.85. The van der Waals surface area contributed by atoms with Gasteiger partial charge in [-0.1, -0.05) is 26.8 Å². The Morgan fingerprint density at radius 3 is 2.68 bits per heavy atom. The van der Waals surface area contributed by atoms with Crippen LogP contribution >= 0.6 is 0 Å². The van der Waals surface area contributed by atoms with Gasteiger partial charge >= 0.3 is 5.97 Å². The van der Waals surface area contributed by atoms with Crippen LogP contribution in [-0.4, -0.2) is 23.3 Å². The first kappa shape index (κ1) is 16.1. The van der Waals surface area contributed by atoms with E-state index in [9.17, 15) is 4.79 Å². The normalized spacial score (nSPS) is 12.2. The molecular weight excluding hydrogens is 280 g/mol. The topological polar surface area (TPSA) is 64.2 Å². The summed E-state index contributed by atoms with van der Waals surface area (Å²) in [4.78, 5) is 11.6. The van der Waals surface area contributed by atoms with Crippen molar-refractivity contribution in [3.05, 3.63) is 47.3 Å². The summed E-state index contributed by atoms with van der Waals surface area (Å²) in [6.45, 7) is 6.24. The second-order valence-corrected chi connectivity index (χ2v) is 5.44. The number of benzene rings is 1. The number of ether oxygens (including phenoxy) is 2. The number of nitrogens with one attached hydrogen (secondary N) is 1. The van der Waals surface area contributed by atoms with E-state index >= 15 is 0 Å². The second-order valence-electron chi connectivity index (χ2n) is 5.44. The van der Waals surface area contributed by atoms with Gasteiger partial charge in [-0.15, -0.1) is 0 Å². The fourth-order valence-corrected chi connectivity index (χ4v) is 2.16. The first-order valence-electron chi connectivity index (χ1n) is 7.45. The molecule has 1 heterocycles. The van der Waals surface area contributed by atoms with Crippen LogP contribution in [0.3, 0.4) is 0 Å². The summed E-state index contributed by atoms with van der Waals surface area (Å²) in [7, 11) is 1.36. The van der Waals surface area contributed by atoms with E-state index in [0.717, 1.165) is 17.8 Å². The maximum atomic E-state index is 11.6. The molecule has 118 valence electrons. The van der Waals surface area contributed by atoms with Gasteiger partial charge in [0.1, 0.15) is 11.9 Å². The molecule has 0 spiro atoms. The number of carbonyl (C=O) groups excluding carboxylic acids is 1. The minimum absolute atomic E-state index is 0.132. The summed E-state index contributed by atoms with van der Waals surface area (Å²) >= 11 is 0. The highest BCUT2D eigenvalue weighted by Crippen LogP contribution is 2.26. The number of esters is 1. The Morgan fingerprint density at radius 2 is 2.09 bits per heavy atom. The maximum absolute atomic E-state index is 11.6. The van der Waals surface area contributed by atoms with E-state index in [0.29, 0.717) is 17.2 Å². The van der Waals surface area contributed by atoms with Gasteiger partial charge in [-0.25, -0.2) is 4.79 Å². The molecule has 0 fully saturated rings. The highest BCUT2D eigenvalue weighted by Gasteiger charge is 2.16. The molecule has 0 aliphatic rings. The van der Waals surface area contributed by atoms with Crippen molar-refractivity contribution in [1.29, 1.82) is 0 Å². The van der Waals surface area contributed by atoms with Crippen LogP contribution in [0.15, 0.2) is 30.3 Å². The first-order valence-corrected chi connectivity index (χ1v) is 7.45. The lowest BCUT2D eigenvalue weighted by molar-refractivity contribution is 0.0600. The fourth-order valence-electron chi connectivity index (χ4n) is 2.16. The molecule has 0 aliphatic heterocycles. The SMILES string of the molecule is CCC(Oc1cccc(C(=O)OC)c1)c1cc(C(C)C)n[nH]1. The standard InChI is InChI=1S/C17H22N2O3/c1-5-16(15-10-14(11(2)3)18-19-15)22-13-8-6-7-12(9-13)17(20)21-4/h6-11,16H,5H2,1-4H3,(H,18,19). The molecule has 0 aliphatic carbocycles. The molecule has 1 atom stereocenters. The van der Waals surface area contributed by atoms with Gasteiger partial charge in [-0.2, -0.15) is 5.10 Å². The fraction of sp³-hybridized carbons (Fsp3) is 0.412. The molecule has 1 unspecified atom stereocenters. The predicted molar refractivity (Wildman–Crippen MR) is 84.1 cm³/mol. The number of H-pyrrole nitrogens is 1. The number of carbonyl (C=O) groups is 1. The minimum atomic E-state index is -0.373. The van der Waals surface area contributed by atoms with Gasteiger partial charge in [0.2, 0.25) is 0 Å². The summed E-state index contributed by atoms with van der Waals surface area (Å²) in [5.74, 6) is 0.628. The lowest BCUT2D eigenvalue weighted by Crippen LogP contribution is -2.08. The Hall–Kier alpha value is -2.30. The van der Waals surface area contributed by atoms with Crippen molar-refractivity contribution in [2.75, 3.05) is 7.11 Å². The smallest absolute Gasteiger partial charge is 0.337 e. The average molecular weight is 302 g/mol. The van der Waals surface area contributed by atoms with Gasteiger partial charge in [0, 0.05) is 0 Å². The van der Waals surface area contributed by atoms with Crippen LogP contribution in [0.5, 0.6) is 5.75 Å². The zero-order chi connectivity index (χ0) is 16.1. The van der Waals surface area contributed by atoms with E-state index in [1.165, 1.54) is 7.11 Å². The molecule has 1 aromatic heterocycles. The summed E-state index contributed by atoms with van der Waals surface area (Å²) in [6.07, 6.45) is 0.662. The number of aromatic nitrogens is 2. The van der Waals surface area contributed by atoms with Gasteiger partial charge < -0.3 is 9.47 Å². The maximum Gasteiger partial charge on any atom is 0.337 e. The lowest BCUT2D eigenvalue weighted by atomic mass is 10.1. The van der Waals surface area contributed by atoms with Crippen molar-refractivity contribution in [1.82, 2.24) is 10.2 Å². The van der Waals surface area contributed by atoms with Crippen molar-refractivity contribution in [3.8, 4) is 5.75 Å². The average Bonchev–Trinajstić information content (AvgIpc) is 3.02. The van der Waals surface area contributed by atoms with E-state index in [2.05, 4.69) is 24.0 Å². The van der Waals surface area contributed by atoms with Crippen LogP contribution < -0.4 is 4.74 Å². The van der Waals surface area contributed by atoms with E-state index in [1.807, 2.05) is 19.1 Å². The van der Waals surface area contributed by atoms with E-state index < -0.39 is 0 Å². The third-order valence-corrected chi connectivity index (χ3v) is 3.46. The highest BCUT2D eigenvalue weighted by molar-refractivity contribution is 5.89. The van der Waals surface area contributed by atoms with Crippen LogP contribution in [0.4, 0.5) is 0 Å². The Bertz CT molecular complexity index is 634. The van der Waals surface area contributed by atoms with Crippen LogP contribution in [-0.2, 0) is 4.74 Å². The molecule has 5 heteroatoms. The molecule has 5 nitrogen and oxygen atoms in total. The van der Waals surface area contributed by atoms with Gasteiger partial charge in [0.15, 0.2) is 0 Å². The Balaban J connectivity index is 2.17. The Kier molecular flexibility index (Phi) is 5.20. The molecular formula is C17H22N2O3. The molecule has 0 saturated heterocycles. The summed E-state index contributed by atoms with van der Waals surface area (Å²) < 4.78 is 10.7. The van der Waals surface area contributed by atoms with Crippen LogP contribution in [0, 0.1) is 0 Å². The molecule has 0 saturated carbocycles. The van der Waals surface area contributed by atoms with Crippen LogP contribution in [0.25, 0.3) is 0 Å². The van der Waals surface area contributed by atoms with E-state index in [1.54, 1.807) is 18.2 Å². The third kappa shape index (κ3) is 3.67. The molecule has 1 aromatic carbocycles. The largest absolute Gasteiger partial charge is 0.484 e. The zero-order valence-electron chi connectivity index (χ0n) is 13.4. The molecule has 22 heavy (non-hydrogen) atoms. The van der Waals surface area contributed by atoms with Crippen molar-refractivity contribution >= 4 is 5.97 Å². The van der Waals surface area contributed by atoms with Crippen molar-refractivity contribution in [3.63, 3.8) is 0 Å². The zero-order valence-corrected chi connectivity index (χ0v) is 13.4. The van der Waals surface area contributed by atoms with Crippen molar-refractivity contribution < 1.29 is 14.3 Å². The number of methoxy groups -OCH3 is 1. The summed E-state index contributed by atoms with van der Waals surface area (Å²) in [5.41, 5.74) is 2.43. The summed E-state index contributed by atoms with van der Waals surface area (Å²) in [6, 6.07) is 9.03. The number of hydrogen-bond acceptors (Lipinski definition) is 4. The van der Waals surface area contributed by atoms with Gasteiger partial charge in [-0.3, -0.25) is 5.10 Å². The molecule has 0 radical (unpaired) electrons. The van der Waals surface area contributed by atoms with Gasteiger partial charge in [-0.05, 0) is 36.6 Å².